The van der Waals surface area contributed by atoms with Gasteiger partial charge in [0.15, 0.2) is 5.69 Å². The van der Waals surface area contributed by atoms with E-state index in [1.807, 2.05) is 27.7 Å². The number of nitrogens with zero attached hydrogens (tertiary/aromatic N) is 1. The molecule has 1 rings (SSSR count). The van der Waals surface area contributed by atoms with E-state index >= 15 is 0 Å². The van der Waals surface area contributed by atoms with E-state index < -0.39 is 5.60 Å². The molecule has 1 heterocycles. The second-order valence-corrected chi connectivity index (χ2v) is 5.29. The van der Waals surface area contributed by atoms with Crippen molar-refractivity contribution in [2.45, 2.75) is 40.2 Å². The Labute approximate surface area is 106 Å². The van der Waals surface area contributed by atoms with Gasteiger partial charge in [-0.2, -0.15) is 0 Å². The molecule has 0 fully saturated rings. The number of aromatic nitrogens is 1. The summed E-state index contributed by atoms with van der Waals surface area (Å²) in [4.78, 5) is 16.8. The molecule has 0 saturated carbocycles. The molecule has 0 saturated heterocycles. The maximum atomic E-state index is 11.6. The van der Waals surface area contributed by atoms with E-state index in [0.717, 1.165) is 9.88 Å². The van der Waals surface area contributed by atoms with Crippen LogP contribution in [0, 0.1) is 6.92 Å². The van der Waals surface area contributed by atoms with Crippen molar-refractivity contribution in [1.82, 2.24) is 4.98 Å². The quantitative estimate of drug-likeness (QED) is 0.761. The van der Waals surface area contributed by atoms with Crippen molar-refractivity contribution < 1.29 is 14.3 Å². The summed E-state index contributed by atoms with van der Waals surface area (Å²) in [6.07, 6.45) is 0. The SMILES string of the molecule is CCOC(=O)c1nc(C(C)(C)OCC)sc1C. The van der Waals surface area contributed by atoms with Crippen molar-refractivity contribution in [2.24, 2.45) is 0 Å². The lowest BCUT2D eigenvalue weighted by Gasteiger charge is -2.21. The fourth-order valence-electron chi connectivity index (χ4n) is 1.47. The number of ether oxygens (including phenoxy) is 2. The van der Waals surface area contributed by atoms with Crippen LogP contribution in [0.4, 0.5) is 0 Å². The summed E-state index contributed by atoms with van der Waals surface area (Å²) >= 11 is 1.48. The number of carbonyl (C=O) groups is 1. The van der Waals surface area contributed by atoms with Crippen molar-refractivity contribution in [3.05, 3.63) is 15.6 Å². The molecule has 0 aromatic carbocycles. The van der Waals surface area contributed by atoms with E-state index in [9.17, 15) is 4.79 Å². The summed E-state index contributed by atoms with van der Waals surface area (Å²) in [7, 11) is 0. The summed E-state index contributed by atoms with van der Waals surface area (Å²) < 4.78 is 10.6. The second-order valence-electron chi connectivity index (χ2n) is 4.09. The molecule has 0 aliphatic rings. The maximum Gasteiger partial charge on any atom is 0.358 e. The number of hydrogen-bond acceptors (Lipinski definition) is 5. The fourth-order valence-corrected chi connectivity index (χ4v) is 2.42. The normalized spacial score (nSPS) is 11.6. The van der Waals surface area contributed by atoms with Gasteiger partial charge in [0.1, 0.15) is 10.6 Å². The topological polar surface area (TPSA) is 48.4 Å². The summed E-state index contributed by atoms with van der Waals surface area (Å²) in [5.41, 5.74) is -0.0609. The van der Waals surface area contributed by atoms with Gasteiger partial charge in [-0.3, -0.25) is 0 Å². The van der Waals surface area contributed by atoms with Crippen molar-refractivity contribution in [3.63, 3.8) is 0 Å². The van der Waals surface area contributed by atoms with Crippen LogP contribution in [0.3, 0.4) is 0 Å². The third-order valence-electron chi connectivity index (χ3n) is 2.29. The molecule has 0 bridgehead atoms. The van der Waals surface area contributed by atoms with E-state index in [1.165, 1.54) is 11.3 Å². The smallest absolute Gasteiger partial charge is 0.358 e. The highest BCUT2D eigenvalue weighted by atomic mass is 32.1. The fraction of sp³-hybridized carbons (Fsp3) is 0.667. The van der Waals surface area contributed by atoms with Gasteiger partial charge in [-0.05, 0) is 34.6 Å². The Hall–Kier alpha value is -0.940. The van der Waals surface area contributed by atoms with Crippen LogP contribution in [0.1, 0.15) is 48.1 Å². The first-order valence-corrected chi connectivity index (χ1v) is 6.53. The van der Waals surface area contributed by atoms with Gasteiger partial charge in [0, 0.05) is 11.5 Å². The van der Waals surface area contributed by atoms with Crippen LogP contribution in [0.25, 0.3) is 0 Å². The minimum Gasteiger partial charge on any atom is -0.461 e. The monoisotopic (exact) mass is 257 g/mol. The Kier molecular flexibility index (Phi) is 4.65. The molecule has 5 heteroatoms. The molecular formula is C12H19NO3S. The molecule has 0 amide bonds. The van der Waals surface area contributed by atoms with Crippen molar-refractivity contribution >= 4 is 17.3 Å². The van der Waals surface area contributed by atoms with E-state index in [2.05, 4.69) is 4.98 Å². The van der Waals surface area contributed by atoms with Gasteiger partial charge in [-0.25, -0.2) is 9.78 Å². The first kappa shape index (κ1) is 14.1. The highest BCUT2D eigenvalue weighted by Gasteiger charge is 2.28. The van der Waals surface area contributed by atoms with E-state index in [1.54, 1.807) is 6.92 Å². The van der Waals surface area contributed by atoms with E-state index in [0.29, 0.717) is 18.9 Å². The molecule has 0 aliphatic heterocycles. The Balaban J connectivity index is 2.99. The van der Waals surface area contributed by atoms with Crippen LogP contribution < -0.4 is 0 Å². The summed E-state index contributed by atoms with van der Waals surface area (Å²) in [6, 6.07) is 0. The van der Waals surface area contributed by atoms with Gasteiger partial charge < -0.3 is 9.47 Å². The minimum absolute atomic E-state index is 0.361. The van der Waals surface area contributed by atoms with Gasteiger partial charge in [0.2, 0.25) is 0 Å². The molecule has 1 aromatic heterocycles. The third-order valence-corrected chi connectivity index (χ3v) is 3.56. The summed E-state index contributed by atoms with van der Waals surface area (Å²) in [5.74, 6) is -0.361. The lowest BCUT2D eigenvalue weighted by atomic mass is 10.1. The largest absolute Gasteiger partial charge is 0.461 e. The predicted molar refractivity (Wildman–Crippen MR) is 67.5 cm³/mol. The van der Waals surface area contributed by atoms with Crippen LogP contribution in [-0.4, -0.2) is 24.2 Å². The van der Waals surface area contributed by atoms with Gasteiger partial charge in [0.05, 0.1) is 6.61 Å². The molecule has 0 radical (unpaired) electrons. The Morgan fingerprint density at radius 2 is 2.00 bits per heavy atom. The zero-order valence-electron chi connectivity index (χ0n) is 11.0. The molecule has 0 N–H and O–H groups in total. The Morgan fingerprint density at radius 3 is 2.53 bits per heavy atom. The Bertz CT molecular complexity index is 398. The van der Waals surface area contributed by atoms with Crippen LogP contribution in [0.5, 0.6) is 0 Å². The highest BCUT2D eigenvalue weighted by Crippen LogP contribution is 2.30. The van der Waals surface area contributed by atoms with Gasteiger partial charge >= 0.3 is 5.97 Å². The molecule has 0 aliphatic carbocycles. The first-order valence-electron chi connectivity index (χ1n) is 5.71. The van der Waals surface area contributed by atoms with Crippen LogP contribution in [0.15, 0.2) is 0 Å². The molecular weight excluding hydrogens is 238 g/mol. The zero-order chi connectivity index (χ0) is 13.1. The lowest BCUT2D eigenvalue weighted by Crippen LogP contribution is -2.21. The molecule has 17 heavy (non-hydrogen) atoms. The van der Waals surface area contributed by atoms with Crippen molar-refractivity contribution in [3.8, 4) is 0 Å². The maximum absolute atomic E-state index is 11.6. The minimum atomic E-state index is -0.463. The van der Waals surface area contributed by atoms with E-state index in [4.69, 9.17) is 9.47 Å². The second kappa shape index (κ2) is 5.60. The zero-order valence-corrected chi connectivity index (χ0v) is 11.8. The number of thiazole rings is 1. The third kappa shape index (κ3) is 3.26. The molecule has 1 aromatic rings. The number of esters is 1. The van der Waals surface area contributed by atoms with Crippen LogP contribution >= 0.6 is 11.3 Å². The summed E-state index contributed by atoms with van der Waals surface area (Å²) in [5, 5.41) is 0.805. The Morgan fingerprint density at radius 1 is 1.35 bits per heavy atom. The molecule has 0 spiro atoms. The summed E-state index contributed by atoms with van der Waals surface area (Å²) in [6.45, 7) is 10.5. The molecule has 4 nitrogen and oxygen atoms in total. The van der Waals surface area contributed by atoms with Gasteiger partial charge in [-0.1, -0.05) is 0 Å². The van der Waals surface area contributed by atoms with Crippen molar-refractivity contribution in [1.29, 1.82) is 0 Å². The molecule has 0 atom stereocenters. The van der Waals surface area contributed by atoms with Crippen LogP contribution in [0.2, 0.25) is 0 Å². The van der Waals surface area contributed by atoms with Crippen molar-refractivity contribution in [2.75, 3.05) is 13.2 Å². The predicted octanol–water partition coefficient (Wildman–Crippen LogP) is 2.90. The highest BCUT2D eigenvalue weighted by molar-refractivity contribution is 7.12. The number of rotatable bonds is 5. The van der Waals surface area contributed by atoms with Gasteiger partial charge in [-0.15, -0.1) is 11.3 Å². The van der Waals surface area contributed by atoms with E-state index in [-0.39, 0.29) is 5.97 Å². The first-order chi connectivity index (χ1) is 7.92. The van der Waals surface area contributed by atoms with Gasteiger partial charge in [0.25, 0.3) is 0 Å². The average molecular weight is 257 g/mol. The molecule has 0 unspecified atom stereocenters. The van der Waals surface area contributed by atoms with Crippen LogP contribution in [-0.2, 0) is 15.1 Å². The number of aryl methyl sites for hydroxylation is 1. The average Bonchev–Trinajstić information content (AvgIpc) is 2.61. The standard InChI is InChI=1S/C12H19NO3S/c1-6-15-10(14)9-8(3)17-11(13-9)12(4,5)16-7-2/h6-7H2,1-5H3. The number of hydrogen-bond donors (Lipinski definition) is 0. The molecule has 96 valence electrons. The lowest BCUT2D eigenvalue weighted by molar-refractivity contribution is -0.0142. The number of carbonyl (C=O) groups excluding carboxylic acids is 1.